The summed E-state index contributed by atoms with van der Waals surface area (Å²) in [5.41, 5.74) is 3.64. The highest BCUT2D eigenvalue weighted by Gasteiger charge is 2.22. The van der Waals surface area contributed by atoms with Crippen LogP contribution in [-0.2, 0) is 6.42 Å². The second kappa shape index (κ2) is 5.35. The van der Waals surface area contributed by atoms with E-state index in [1.807, 2.05) is 12.1 Å². The second-order valence-corrected chi connectivity index (χ2v) is 6.46. The monoisotopic (exact) mass is 355 g/mol. The summed E-state index contributed by atoms with van der Waals surface area (Å²) in [6, 6.07) is 12.2. The van der Waals surface area contributed by atoms with Crippen LogP contribution in [0.5, 0.6) is 0 Å². The van der Waals surface area contributed by atoms with Crippen LogP contribution in [0.3, 0.4) is 0 Å². The van der Waals surface area contributed by atoms with E-state index in [2.05, 4.69) is 39.4 Å². The smallest absolute Gasteiger partial charge is 0.0638 e. The Labute approximate surface area is 131 Å². The molecule has 2 aromatic rings. The van der Waals surface area contributed by atoms with Crippen LogP contribution in [0.15, 0.2) is 40.9 Å². The van der Waals surface area contributed by atoms with E-state index in [0.717, 1.165) is 23.0 Å². The lowest BCUT2D eigenvalue weighted by atomic mass is 10.1. The second-order valence-electron chi connectivity index (χ2n) is 4.70. The Balaban J connectivity index is 1.88. The van der Waals surface area contributed by atoms with Gasteiger partial charge in [-0.25, -0.2) is 0 Å². The summed E-state index contributed by atoms with van der Waals surface area (Å²) in [6.45, 7) is 0. The molecule has 4 heteroatoms. The van der Waals surface area contributed by atoms with Gasteiger partial charge < -0.3 is 5.32 Å². The van der Waals surface area contributed by atoms with Gasteiger partial charge in [0.2, 0.25) is 0 Å². The molecule has 0 radical (unpaired) electrons. The fraction of sp³-hybridized carbons (Fsp3) is 0.200. The number of hydrogen-bond donors (Lipinski definition) is 1. The number of aryl methyl sites for hydroxylation is 1. The van der Waals surface area contributed by atoms with Crippen LogP contribution >= 0.6 is 39.1 Å². The molecule has 1 aliphatic carbocycles. The van der Waals surface area contributed by atoms with Crippen LogP contribution in [0.25, 0.3) is 0 Å². The fourth-order valence-corrected chi connectivity index (χ4v) is 3.28. The number of hydrogen-bond acceptors (Lipinski definition) is 1. The lowest BCUT2D eigenvalue weighted by molar-refractivity contribution is 0.762. The van der Waals surface area contributed by atoms with Gasteiger partial charge in [-0.2, -0.15) is 0 Å². The summed E-state index contributed by atoms with van der Waals surface area (Å²) in [7, 11) is 0. The van der Waals surface area contributed by atoms with E-state index in [4.69, 9.17) is 23.2 Å². The van der Waals surface area contributed by atoms with E-state index >= 15 is 0 Å². The van der Waals surface area contributed by atoms with Gasteiger partial charge in [0.15, 0.2) is 0 Å². The maximum absolute atomic E-state index is 6.20. The number of nitrogens with one attached hydrogen (secondary N) is 1. The standard InChI is InChI=1S/C15H12BrCl2N/c16-10-2-4-12-9(7-10)1-6-14(12)19-15-8-11(17)3-5-13(15)18/h2-5,7-8,14,19H,1,6H2. The van der Waals surface area contributed by atoms with E-state index in [0.29, 0.717) is 16.1 Å². The average molecular weight is 357 g/mol. The van der Waals surface area contributed by atoms with Crippen molar-refractivity contribution in [3.63, 3.8) is 0 Å². The van der Waals surface area contributed by atoms with Crippen LogP contribution in [0.2, 0.25) is 10.0 Å². The molecule has 1 N–H and O–H groups in total. The first kappa shape index (κ1) is 13.3. The van der Waals surface area contributed by atoms with Crippen molar-refractivity contribution in [3.05, 3.63) is 62.0 Å². The maximum Gasteiger partial charge on any atom is 0.0638 e. The topological polar surface area (TPSA) is 12.0 Å². The third kappa shape index (κ3) is 2.76. The lowest BCUT2D eigenvalue weighted by Gasteiger charge is -2.17. The van der Waals surface area contributed by atoms with Crippen LogP contribution in [-0.4, -0.2) is 0 Å². The predicted octanol–water partition coefficient (Wildman–Crippen LogP) is 5.86. The lowest BCUT2D eigenvalue weighted by Crippen LogP contribution is -2.07. The van der Waals surface area contributed by atoms with Gasteiger partial charge in [-0.15, -0.1) is 0 Å². The Morgan fingerprint density at radius 2 is 1.95 bits per heavy atom. The van der Waals surface area contributed by atoms with Crippen molar-refractivity contribution in [1.82, 2.24) is 0 Å². The van der Waals surface area contributed by atoms with Crippen LogP contribution in [0, 0.1) is 0 Å². The zero-order valence-electron chi connectivity index (χ0n) is 10.1. The van der Waals surface area contributed by atoms with Crippen molar-refractivity contribution in [1.29, 1.82) is 0 Å². The summed E-state index contributed by atoms with van der Waals surface area (Å²) >= 11 is 15.7. The predicted molar refractivity (Wildman–Crippen MR) is 85.3 cm³/mol. The first-order valence-electron chi connectivity index (χ1n) is 6.13. The zero-order valence-corrected chi connectivity index (χ0v) is 13.2. The molecule has 1 aliphatic rings. The summed E-state index contributed by atoms with van der Waals surface area (Å²) < 4.78 is 1.13. The van der Waals surface area contributed by atoms with Crippen molar-refractivity contribution < 1.29 is 0 Å². The minimum absolute atomic E-state index is 0.305. The van der Waals surface area contributed by atoms with Gasteiger partial charge in [-0.1, -0.05) is 45.2 Å². The van der Waals surface area contributed by atoms with Gasteiger partial charge in [-0.3, -0.25) is 0 Å². The third-order valence-electron chi connectivity index (χ3n) is 3.44. The Bertz CT molecular complexity index is 628. The minimum atomic E-state index is 0.305. The van der Waals surface area contributed by atoms with E-state index in [1.54, 1.807) is 6.07 Å². The van der Waals surface area contributed by atoms with Gasteiger partial charge in [0, 0.05) is 9.50 Å². The minimum Gasteiger partial charge on any atom is -0.377 e. The number of benzene rings is 2. The molecular formula is C15H12BrCl2N. The van der Waals surface area contributed by atoms with Gasteiger partial charge in [-0.05, 0) is 54.3 Å². The van der Waals surface area contributed by atoms with Crippen LogP contribution in [0.4, 0.5) is 5.69 Å². The molecule has 1 unspecified atom stereocenters. The van der Waals surface area contributed by atoms with E-state index in [-0.39, 0.29) is 0 Å². The first-order valence-corrected chi connectivity index (χ1v) is 7.68. The normalized spacial score (nSPS) is 17.3. The van der Waals surface area contributed by atoms with Crippen molar-refractivity contribution in [2.24, 2.45) is 0 Å². The Kier molecular flexibility index (Phi) is 3.75. The SMILES string of the molecule is Clc1ccc(Cl)c(NC2CCc3cc(Br)ccc32)c1. The molecular weight excluding hydrogens is 345 g/mol. The molecule has 0 aromatic heterocycles. The molecule has 0 amide bonds. The highest BCUT2D eigenvalue weighted by molar-refractivity contribution is 9.10. The largest absolute Gasteiger partial charge is 0.377 e. The molecule has 19 heavy (non-hydrogen) atoms. The summed E-state index contributed by atoms with van der Waals surface area (Å²) in [5, 5.41) is 4.89. The molecule has 0 heterocycles. The van der Waals surface area contributed by atoms with Crippen molar-refractivity contribution >= 4 is 44.8 Å². The Morgan fingerprint density at radius 3 is 2.79 bits per heavy atom. The molecule has 0 saturated heterocycles. The highest BCUT2D eigenvalue weighted by Crippen LogP contribution is 2.37. The van der Waals surface area contributed by atoms with Crippen molar-refractivity contribution in [2.75, 3.05) is 5.32 Å². The molecule has 3 rings (SSSR count). The third-order valence-corrected chi connectivity index (χ3v) is 4.50. The Morgan fingerprint density at radius 1 is 1.11 bits per heavy atom. The average Bonchev–Trinajstić information content (AvgIpc) is 2.76. The molecule has 98 valence electrons. The van der Waals surface area contributed by atoms with Crippen molar-refractivity contribution in [2.45, 2.75) is 18.9 Å². The summed E-state index contributed by atoms with van der Waals surface area (Å²) in [6.07, 6.45) is 2.17. The fourth-order valence-electron chi connectivity index (χ4n) is 2.53. The van der Waals surface area contributed by atoms with Gasteiger partial charge >= 0.3 is 0 Å². The highest BCUT2D eigenvalue weighted by atomic mass is 79.9. The van der Waals surface area contributed by atoms with Crippen LogP contribution < -0.4 is 5.32 Å². The van der Waals surface area contributed by atoms with E-state index < -0.39 is 0 Å². The van der Waals surface area contributed by atoms with Gasteiger partial charge in [0.05, 0.1) is 16.8 Å². The molecule has 0 aliphatic heterocycles. The number of rotatable bonds is 2. The molecule has 0 bridgehead atoms. The molecule has 0 spiro atoms. The molecule has 2 aromatic carbocycles. The molecule has 0 saturated carbocycles. The molecule has 0 fully saturated rings. The van der Waals surface area contributed by atoms with Gasteiger partial charge in [0.25, 0.3) is 0 Å². The molecule has 1 nitrogen and oxygen atoms in total. The maximum atomic E-state index is 6.20. The van der Waals surface area contributed by atoms with E-state index in [9.17, 15) is 0 Å². The first-order chi connectivity index (χ1) is 9.13. The summed E-state index contributed by atoms with van der Waals surface area (Å²) in [5.74, 6) is 0. The number of fused-ring (bicyclic) bond motifs is 1. The Hall–Kier alpha value is -0.700. The quantitative estimate of drug-likeness (QED) is 0.711. The van der Waals surface area contributed by atoms with E-state index in [1.165, 1.54) is 11.1 Å². The number of halogens is 3. The molecule has 1 atom stereocenters. The summed E-state index contributed by atoms with van der Waals surface area (Å²) in [4.78, 5) is 0. The van der Waals surface area contributed by atoms with Gasteiger partial charge in [0.1, 0.15) is 0 Å². The zero-order chi connectivity index (χ0) is 13.4. The van der Waals surface area contributed by atoms with Crippen molar-refractivity contribution in [3.8, 4) is 0 Å². The number of anilines is 1. The van der Waals surface area contributed by atoms with Crippen LogP contribution in [0.1, 0.15) is 23.6 Å².